The summed E-state index contributed by atoms with van der Waals surface area (Å²) in [4.78, 5) is 22.7. The van der Waals surface area contributed by atoms with Crippen molar-refractivity contribution in [2.24, 2.45) is 17.2 Å². The van der Waals surface area contributed by atoms with Crippen LogP contribution >= 0.6 is 0 Å². The molecule has 0 aromatic rings. The summed E-state index contributed by atoms with van der Waals surface area (Å²) in [5, 5.41) is 0. The minimum absolute atomic E-state index is 0.130. The quantitative estimate of drug-likeness (QED) is 0.463. The molecule has 1 heterocycles. The van der Waals surface area contributed by atoms with Gasteiger partial charge in [-0.15, -0.1) is 0 Å². The molecule has 1 aliphatic heterocycles. The average molecular weight is 186 g/mol. The van der Waals surface area contributed by atoms with E-state index in [-0.39, 0.29) is 11.8 Å². The molecule has 3 nitrogen and oxygen atoms in total. The van der Waals surface area contributed by atoms with E-state index >= 15 is 0 Å². The van der Waals surface area contributed by atoms with Gasteiger partial charge >= 0.3 is 11.9 Å². The van der Waals surface area contributed by atoms with Crippen LogP contribution in [0.25, 0.3) is 0 Å². The van der Waals surface area contributed by atoms with Gasteiger partial charge in [0.15, 0.2) is 0 Å². The van der Waals surface area contributed by atoms with Crippen molar-refractivity contribution < 1.29 is 17.1 Å². The molecule has 0 spiro atoms. The highest BCUT2D eigenvalue weighted by atomic mass is 16.6. The van der Waals surface area contributed by atoms with Gasteiger partial charge in [-0.2, -0.15) is 0 Å². The normalized spacial score (nSPS) is 42.8. The van der Waals surface area contributed by atoms with Crippen LogP contribution < -0.4 is 0 Å². The van der Waals surface area contributed by atoms with Crippen LogP contribution in [0.4, 0.5) is 0 Å². The fourth-order valence-electron chi connectivity index (χ4n) is 1.23. The largest absolute Gasteiger partial charge is 0.393 e. The molecule has 1 rings (SSSR count). The molecule has 0 N–H and O–H groups in total. The summed E-state index contributed by atoms with van der Waals surface area (Å²) in [7, 11) is 0. The molecule has 1 saturated heterocycles. The van der Waals surface area contributed by atoms with E-state index in [0.29, 0.717) is 0 Å². The number of hydrogen-bond donors (Lipinski definition) is 0. The molecule has 3 heteroatoms. The highest BCUT2D eigenvalue weighted by Gasteiger charge is 2.42. The standard InChI is InChI=1S/C10H16O3/c1-6-7(5-10(2,3)4)9(12)13-8(6)11/h6-7H,5H2,1-4H3/i6D,7D. The monoisotopic (exact) mass is 186 g/mol. The number of ether oxygens (including phenoxy) is 1. The van der Waals surface area contributed by atoms with E-state index in [1.54, 1.807) is 0 Å². The third-order valence-electron chi connectivity index (χ3n) is 1.90. The van der Waals surface area contributed by atoms with Gasteiger partial charge < -0.3 is 4.74 Å². The van der Waals surface area contributed by atoms with E-state index in [2.05, 4.69) is 4.74 Å². The smallest absolute Gasteiger partial charge is 0.317 e. The van der Waals surface area contributed by atoms with Crippen LogP contribution in [-0.4, -0.2) is 11.9 Å². The second-order valence-electron chi connectivity index (χ2n) is 4.52. The van der Waals surface area contributed by atoms with Crippen LogP contribution in [0.15, 0.2) is 0 Å². The van der Waals surface area contributed by atoms with Gasteiger partial charge in [0.25, 0.3) is 0 Å². The Hall–Kier alpha value is -0.860. The lowest BCUT2D eigenvalue weighted by Crippen LogP contribution is -2.21. The van der Waals surface area contributed by atoms with Gasteiger partial charge in [0.05, 0.1) is 11.8 Å². The summed E-state index contributed by atoms with van der Waals surface area (Å²) < 4.78 is 20.2. The predicted molar refractivity (Wildman–Crippen MR) is 47.8 cm³/mol. The minimum atomic E-state index is -1.81. The van der Waals surface area contributed by atoms with Crippen molar-refractivity contribution in [2.45, 2.75) is 34.1 Å². The molecule has 74 valence electrons. The third-order valence-corrected chi connectivity index (χ3v) is 1.90. The van der Waals surface area contributed by atoms with Crippen LogP contribution in [-0.2, 0) is 14.3 Å². The topological polar surface area (TPSA) is 43.4 Å². The first-order valence-electron chi connectivity index (χ1n) is 5.27. The Bertz CT molecular complexity index is 317. The predicted octanol–water partition coefficient (Wildman–Crippen LogP) is 1.76. The fraction of sp³-hybridized carbons (Fsp3) is 0.800. The van der Waals surface area contributed by atoms with Crippen molar-refractivity contribution in [1.29, 1.82) is 0 Å². The molecule has 0 bridgehead atoms. The van der Waals surface area contributed by atoms with Gasteiger partial charge in [0.1, 0.15) is 0 Å². The molecule has 0 aliphatic carbocycles. The third kappa shape index (κ3) is 2.29. The average Bonchev–Trinajstić information content (AvgIpc) is 2.10. The molecule has 0 radical (unpaired) electrons. The maximum absolute atomic E-state index is 11.4. The molecule has 0 aromatic carbocycles. The minimum Gasteiger partial charge on any atom is -0.393 e. The summed E-state index contributed by atoms with van der Waals surface area (Å²) in [6.07, 6.45) is 0.130. The van der Waals surface area contributed by atoms with Crippen molar-refractivity contribution >= 4 is 11.9 Å². The first kappa shape index (κ1) is 7.54. The van der Waals surface area contributed by atoms with Crippen LogP contribution in [0.1, 0.15) is 36.9 Å². The van der Waals surface area contributed by atoms with Gasteiger partial charge in [-0.05, 0) is 11.8 Å². The van der Waals surface area contributed by atoms with E-state index in [1.165, 1.54) is 6.92 Å². The molecular weight excluding hydrogens is 168 g/mol. The molecule has 0 saturated carbocycles. The van der Waals surface area contributed by atoms with Crippen molar-refractivity contribution in [3.63, 3.8) is 0 Å². The molecule has 2 unspecified atom stereocenters. The maximum Gasteiger partial charge on any atom is 0.317 e. The Kier molecular flexibility index (Phi) is 1.81. The lowest BCUT2D eigenvalue weighted by atomic mass is 9.80. The molecular formula is C10H16O3. The molecule has 2 atom stereocenters. The van der Waals surface area contributed by atoms with Gasteiger partial charge in [0.2, 0.25) is 0 Å². The van der Waals surface area contributed by atoms with Crippen LogP contribution in [0.5, 0.6) is 0 Å². The number of esters is 2. The summed E-state index contributed by atoms with van der Waals surface area (Å²) in [5.74, 6) is -5.42. The van der Waals surface area contributed by atoms with Gasteiger partial charge in [-0.25, -0.2) is 0 Å². The first-order chi connectivity index (χ1) is 6.51. The number of carbonyl (C=O) groups excluding carboxylic acids is 2. The van der Waals surface area contributed by atoms with Gasteiger partial charge in [0, 0.05) is 2.74 Å². The Labute approximate surface area is 81.3 Å². The zero-order valence-corrected chi connectivity index (χ0v) is 8.43. The van der Waals surface area contributed by atoms with Crippen molar-refractivity contribution in [2.75, 3.05) is 0 Å². The second-order valence-corrected chi connectivity index (χ2v) is 4.52. The van der Waals surface area contributed by atoms with Crippen LogP contribution in [0.2, 0.25) is 0 Å². The molecule has 0 aromatic heterocycles. The number of carbonyl (C=O) groups is 2. The summed E-state index contributed by atoms with van der Waals surface area (Å²) in [5.41, 5.74) is -0.312. The zero-order chi connectivity index (χ0) is 12.1. The number of rotatable bonds is 1. The summed E-state index contributed by atoms with van der Waals surface area (Å²) >= 11 is 0. The summed E-state index contributed by atoms with van der Waals surface area (Å²) in [6.45, 7) is 6.83. The molecule has 13 heavy (non-hydrogen) atoms. The molecule has 1 aliphatic rings. The van der Waals surface area contributed by atoms with E-state index in [1.807, 2.05) is 20.8 Å². The second kappa shape index (κ2) is 3.13. The lowest BCUT2D eigenvalue weighted by molar-refractivity contribution is -0.153. The maximum atomic E-state index is 11.4. The van der Waals surface area contributed by atoms with E-state index in [0.717, 1.165) is 0 Å². The zero-order valence-electron chi connectivity index (χ0n) is 10.4. The van der Waals surface area contributed by atoms with E-state index < -0.39 is 23.7 Å². The molecule has 1 fully saturated rings. The van der Waals surface area contributed by atoms with Crippen molar-refractivity contribution in [3.05, 3.63) is 0 Å². The van der Waals surface area contributed by atoms with Gasteiger partial charge in [-0.3, -0.25) is 9.59 Å². The Morgan fingerprint density at radius 2 is 1.92 bits per heavy atom. The van der Waals surface area contributed by atoms with Crippen LogP contribution in [0, 0.1) is 17.2 Å². The van der Waals surface area contributed by atoms with Crippen molar-refractivity contribution in [1.82, 2.24) is 0 Å². The number of cyclic esters (lactones) is 2. The SMILES string of the molecule is [2H]C1(C)C(=O)OC(=O)C1([2H])CC(C)(C)C. The Morgan fingerprint density at radius 1 is 1.38 bits per heavy atom. The van der Waals surface area contributed by atoms with E-state index in [9.17, 15) is 9.59 Å². The lowest BCUT2D eigenvalue weighted by Gasteiger charge is -2.21. The summed E-state index contributed by atoms with van der Waals surface area (Å²) in [6, 6.07) is 0. The number of hydrogen-bond acceptors (Lipinski definition) is 3. The first-order valence-corrected chi connectivity index (χ1v) is 4.27. The highest BCUT2D eigenvalue weighted by molar-refractivity contribution is 5.96. The highest BCUT2D eigenvalue weighted by Crippen LogP contribution is 2.33. The Balaban J connectivity index is 3.11. The van der Waals surface area contributed by atoms with Gasteiger partial charge in [-0.1, -0.05) is 27.7 Å². The molecule has 0 amide bonds. The fourth-order valence-corrected chi connectivity index (χ4v) is 1.23. The van der Waals surface area contributed by atoms with Crippen molar-refractivity contribution in [3.8, 4) is 0 Å². The van der Waals surface area contributed by atoms with E-state index in [4.69, 9.17) is 2.74 Å². The Morgan fingerprint density at radius 3 is 2.23 bits per heavy atom. The van der Waals surface area contributed by atoms with Crippen LogP contribution in [0.3, 0.4) is 0 Å².